The van der Waals surface area contributed by atoms with E-state index in [9.17, 15) is 0 Å². The zero-order valence-electron chi connectivity index (χ0n) is 7.61. The molecule has 1 unspecified atom stereocenters. The van der Waals surface area contributed by atoms with Crippen molar-refractivity contribution in [1.82, 2.24) is 4.98 Å². The summed E-state index contributed by atoms with van der Waals surface area (Å²) in [4.78, 5) is 4.21. The van der Waals surface area contributed by atoms with Gasteiger partial charge in [0.2, 0.25) is 0 Å². The Hall–Kier alpha value is -1.09. The molecule has 0 bridgehead atoms. The van der Waals surface area contributed by atoms with Crippen LogP contribution in [0.3, 0.4) is 0 Å². The summed E-state index contributed by atoms with van der Waals surface area (Å²) in [7, 11) is 0. The second kappa shape index (κ2) is 3.75. The molecule has 0 radical (unpaired) electrons. The minimum atomic E-state index is 0.412. The summed E-state index contributed by atoms with van der Waals surface area (Å²) in [6.45, 7) is 0.696. The van der Waals surface area contributed by atoms with Crippen LogP contribution < -0.4 is 11.1 Å². The number of hydrogen-bond donors (Lipinski definition) is 2. The molecule has 1 saturated carbocycles. The van der Waals surface area contributed by atoms with E-state index in [1.54, 1.807) is 6.20 Å². The van der Waals surface area contributed by atoms with Gasteiger partial charge in [0.15, 0.2) is 0 Å². The van der Waals surface area contributed by atoms with Gasteiger partial charge >= 0.3 is 0 Å². The third-order valence-corrected chi connectivity index (χ3v) is 2.44. The van der Waals surface area contributed by atoms with Crippen LogP contribution in [-0.2, 0) is 0 Å². The van der Waals surface area contributed by atoms with Crippen molar-refractivity contribution in [3.8, 4) is 0 Å². The molecule has 1 aliphatic rings. The highest BCUT2D eigenvalue weighted by Crippen LogP contribution is 2.33. The van der Waals surface area contributed by atoms with Crippen LogP contribution in [0.15, 0.2) is 24.4 Å². The molecule has 3 heteroatoms. The summed E-state index contributed by atoms with van der Waals surface area (Å²) in [5.74, 6) is 1.71. The summed E-state index contributed by atoms with van der Waals surface area (Å²) in [5.41, 5.74) is 5.67. The van der Waals surface area contributed by atoms with E-state index in [-0.39, 0.29) is 0 Å². The Morgan fingerprint density at radius 3 is 2.92 bits per heavy atom. The molecule has 0 spiro atoms. The van der Waals surface area contributed by atoms with Gasteiger partial charge in [0.1, 0.15) is 5.82 Å². The Bertz CT molecular complexity index is 256. The van der Waals surface area contributed by atoms with Crippen molar-refractivity contribution in [3.05, 3.63) is 24.4 Å². The third kappa shape index (κ3) is 2.18. The molecule has 1 heterocycles. The van der Waals surface area contributed by atoms with E-state index in [0.717, 1.165) is 11.7 Å². The van der Waals surface area contributed by atoms with E-state index < -0.39 is 0 Å². The Morgan fingerprint density at radius 2 is 2.38 bits per heavy atom. The van der Waals surface area contributed by atoms with Gasteiger partial charge < -0.3 is 11.1 Å². The molecule has 1 aliphatic carbocycles. The maximum Gasteiger partial charge on any atom is 0.126 e. The Morgan fingerprint density at radius 1 is 1.54 bits per heavy atom. The first kappa shape index (κ1) is 8.51. The van der Waals surface area contributed by atoms with Crippen molar-refractivity contribution in [2.24, 2.45) is 11.7 Å². The molecule has 2 rings (SSSR count). The zero-order chi connectivity index (χ0) is 9.10. The van der Waals surface area contributed by atoms with Crippen molar-refractivity contribution < 1.29 is 0 Å². The molecule has 1 aromatic heterocycles. The molecular weight excluding hydrogens is 162 g/mol. The number of hydrogen-bond acceptors (Lipinski definition) is 3. The van der Waals surface area contributed by atoms with E-state index in [4.69, 9.17) is 5.73 Å². The molecule has 3 nitrogen and oxygen atoms in total. The van der Waals surface area contributed by atoms with Gasteiger partial charge in [0, 0.05) is 18.8 Å². The predicted molar refractivity (Wildman–Crippen MR) is 53.4 cm³/mol. The monoisotopic (exact) mass is 177 g/mol. The fourth-order valence-corrected chi connectivity index (χ4v) is 1.51. The summed E-state index contributed by atoms with van der Waals surface area (Å²) in [6, 6.07) is 6.29. The lowest BCUT2D eigenvalue weighted by atomic mass is 10.2. The highest BCUT2D eigenvalue weighted by Gasteiger charge is 2.30. The highest BCUT2D eigenvalue weighted by atomic mass is 15.0. The van der Waals surface area contributed by atoms with Gasteiger partial charge in [-0.2, -0.15) is 0 Å². The van der Waals surface area contributed by atoms with Crippen LogP contribution in [0.25, 0.3) is 0 Å². The summed E-state index contributed by atoms with van der Waals surface area (Å²) < 4.78 is 0. The smallest absolute Gasteiger partial charge is 0.126 e. The number of nitrogens with zero attached hydrogens (tertiary/aromatic N) is 1. The van der Waals surface area contributed by atoms with Crippen molar-refractivity contribution in [2.75, 3.05) is 11.9 Å². The number of rotatable bonds is 4. The fraction of sp³-hybridized carbons (Fsp3) is 0.500. The number of anilines is 1. The van der Waals surface area contributed by atoms with E-state index in [1.807, 2.05) is 18.2 Å². The van der Waals surface area contributed by atoms with Crippen LogP contribution in [0, 0.1) is 5.92 Å². The topological polar surface area (TPSA) is 50.9 Å². The first-order valence-corrected chi connectivity index (χ1v) is 4.78. The van der Waals surface area contributed by atoms with Gasteiger partial charge in [-0.05, 0) is 30.9 Å². The molecule has 0 amide bonds. The van der Waals surface area contributed by atoms with Crippen LogP contribution in [0.1, 0.15) is 12.8 Å². The number of pyridine rings is 1. The molecule has 0 saturated heterocycles. The van der Waals surface area contributed by atoms with E-state index in [0.29, 0.717) is 12.6 Å². The number of aromatic nitrogens is 1. The number of nitrogens with two attached hydrogens (primary N) is 1. The van der Waals surface area contributed by atoms with Gasteiger partial charge in [0.25, 0.3) is 0 Å². The van der Waals surface area contributed by atoms with E-state index in [2.05, 4.69) is 10.3 Å². The molecule has 1 fully saturated rings. The lowest BCUT2D eigenvalue weighted by molar-refractivity contribution is 0.642. The fourth-order valence-electron chi connectivity index (χ4n) is 1.51. The normalized spacial score (nSPS) is 18.2. The van der Waals surface area contributed by atoms with Gasteiger partial charge in [-0.1, -0.05) is 6.07 Å². The van der Waals surface area contributed by atoms with E-state index in [1.165, 1.54) is 12.8 Å². The van der Waals surface area contributed by atoms with Crippen LogP contribution in [0.2, 0.25) is 0 Å². The molecular formula is C10H15N3. The van der Waals surface area contributed by atoms with Crippen LogP contribution >= 0.6 is 0 Å². The maximum atomic E-state index is 5.67. The van der Waals surface area contributed by atoms with Crippen molar-refractivity contribution in [3.63, 3.8) is 0 Å². The molecule has 13 heavy (non-hydrogen) atoms. The molecule has 0 aliphatic heterocycles. The minimum absolute atomic E-state index is 0.412. The molecule has 70 valence electrons. The lowest BCUT2D eigenvalue weighted by Gasteiger charge is -2.16. The number of nitrogens with one attached hydrogen (secondary N) is 1. The average Bonchev–Trinajstić information content (AvgIpc) is 2.99. The highest BCUT2D eigenvalue weighted by molar-refractivity contribution is 5.35. The first-order valence-electron chi connectivity index (χ1n) is 4.78. The minimum Gasteiger partial charge on any atom is -0.366 e. The van der Waals surface area contributed by atoms with E-state index >= 15 is 0 Å². The summed E-state index contributed by atoms with van der Waals surface area (Å²) in [5, 5.41) is 3.35. The molecule has 3 N–H and O–H groups in total. The van der Waals surface area contributed by atoms with Gasteiger partial charge in [0.05, 0.1) is 0 Å². The Labute approximate surface area is 78.4 Å². The SMILES string of the molecule is NCC(Nc1ccccn1)C1CC1. The van der Waals surface area contributed by atoms with Crippen molar-refractivity contribution in [1.29, 1.82) is 0 Å². The molecule has 1 atom stereocenters. The lowest BCUT2D eigenvalue weighted by Crippen LogP contribution is -2.31. The first-order chi connectivity index (χ1) is 6.40. The second-order valence-corrected chi connectivity index (χ2v) is 3.54. The van der Waals surface area contributed by atoms with Crippen LogP contribution in [0.4, 0.5) is 5.82 Å². The van der Waals surface area contributed by atoms with Gasteiger partial charge in [-0.25, -0.2) is 4.98 Å². The van der Waals surface area contributed by atoms with Crippen molar-refractivity contribution in [2.45, 2.75) is 18.9 Å². The van der Waals surface area contributed by atoms with Gasteiger partial charge in [-0.3, -0.25) is 0 Å². The predicted octanol–water partition coefficient (Wildman–Crippen LogP) is 1.23. The van der Waals surface area contributed by atoms with Crippen molar-refractivity contribution >= 4 is 5.82 Å². The molecule has 1 aromatic rings. The Balaban J connectivity index is 1.95. The standard InChI is InChI=1S/C10H15N3/c11-7-9(8-4-5-8)13-10-3-1-2-6-12-10/h1-3,6,8-9H,4-5,7,11H2,(H,12,13). The molecule has 0 aromatic carbocycles. The van der Waals surface area contributed by atoms with Gasteiger partial charge in [-0.15, -0.1) is 0 Å². The maximum absolute atomic E-state index is 5.67. The van der Waals surface area contributed by atoms with Crippen LogP contribution in [0.5, 0.6) is 0 Å². The van der Waals surface area contributed by atoms with Crippen LogP contribution in [-0.4, -0.2) is 17.6 Å². The largest absolute Gasteiger partial charge is 0.366 e. The average molecular weight is 177 g/mol. The summed E-state index contributed by atoms with van der Waals surface area (Å²) in [6.07, 6.45) is 4.41. The quantitative estimate of drug-likeness (QED) is 0.727. The second-order valence-electron chi connectivity index (χ2n) is 3.54. The Kier molecular flexibility index (Phi) is 2.45. The zero-order valence-corrected chi connectivity index (χ0v) is 7.61. The summed E-state index contributed by atoms with van der Waals surface area (Å²) >= 11 is 0. The third-order valence-electron chi connectivity index (χ3n) is 2.44.